The standard InChI is InChI=1S/C11H17N5S/c1-7-6-10-14-15-11(9(12)4-5-17-3)16(10)8(2)13-7/h6,9H,4-5,12H2,1-3H3. The second-order valence-electron chi connectivity index (χ2n) is 4.08. The molecular weight excluding hydrogens is 234 g/mol. The average Bonchev–Trinajstić information content (AvgIpc) is 2.69. The van der Waals surface area contributed by atoms with Gasteiger partial charge in [0.25, 0.3) is 0 Å². The number of nitrogens with zero attached hydrogens (tertiary/aromatic N) is 4. The van der Waals surface area contributed by atoms with Crippen molar-refractivity contribution in [3.05, 3.63) is 23.4 Å². The summed E-state index contributed by atoms with van der Waals surface area (Å²) >= 11 is 1.79. The van der Waals surface area contributed by atoms with Crippen LogP contribution >= 0.6 is 11.8 Å². The Kier molecular flexibility index (Phi) is 3.63. The van der Waals surface area contributed by atoms with Gasteiger partial charge in [-0.1, -0.05) is 0 Å². The van der Waals surface area contributed by atoms with E-state index in [1.54, 1.807) is 11.8 Å². The molecule has 1 atom stereocenters. The third-order valence-corrected chi connectivity index (χ3v) is 3.32. The van der Waals surface area contributed by atoms with Gasteiger partial charge in [0.05, 0.1) is 6.04 Å². The van der Waals surface area contributed by atoms with Crippen molar-refractivity contribution in [3.8, 4) is 0 Å². The van der Waals surface area contributed by atoms with Gasteiger partial charge in [0.15, 0.2) is 11.5 Å². The number of rotatable bonds is 4. The Morgan fingerprint density at radius 1 is 1.41 bits per heavy atom. The van der Waals surface area contributed by atoms with E-state index in [2.05, 4.69) is 21.4 Å². The van der Waals surface area contributed by atoms with Crippen LogP contribution < -0.4 is 5.73 Å². The number of aromatic nitrogens is 4. The van der Waals surface area contributed by atoms with E-state index < -0.39 is 0 Å². The van der Waals surface area contributed by atoms with E-state index in [4.69, 9.17) is 5.73 Å². The minimum atomic E-state index is -0.0827. The Hall–Kier alpha value is -1.14. The van der Waals surface area contributed by atoms with E-state index in [0.29, 0.717) is 0 Å². The van der Waals surface area contributed by atoms with Crippen LogP contribution in [0.2, 0.25) is 0 Å². The third-order valence-electron chi connectivity index (χ3n) is 2.68. The van der Waals surface area contributed by atoms with E-state index >= 15 is 0 Å². The number of hydrogen-bond acceptors (Lipinski definition) is 5. The Bertz CT molecular complexity index is 522. The molecule has 0 fully saturated rings. The summed E-state index contributed by atoms with van der Waals surface area (Å²) in [6.07, 6.45) is 2.97. The van der Waals surface area contributed by atoms with Crippen LogP contribution in [-0.4, -0.2) is 31.6 Å². The summed E-state index contributed by atoms with van der Waals surface area (Å²) < 4.78 is 1.94. The van der Waals surface area contributed by atoms with Crippen molar-refractivity contribution in [2.75, 3.05) is 12.0 Å². The molecule has 2 rings (SSSR count). The Morgan fingerprint density at radius 3 is 2.88 bits per heavy atom. The van der Waals surface area contributed by atoms with Gasteiger partial charge in [-0.15, -0.1) is 10.2 Å². The molecule has 0 bridgehead atoms. The fraction of sp³-hybridized carbons (Fsp3) is 0.545. The van der Waals surface area contributed by atoms with E-state index in [1.165, 1.54) is 0 Å². The zero-order valence-corrected chi connectivity index (χ0v) is 11.2. The monoisotopic (exact) mass is 251 g/mol. The smallest absolute Gasteiger partial charge is 0.164 e. The van der Waals surface area contributed by atoms with Crippen LogP contribution in [0.15, 0.2) is 6.07 Å². The van der Waals surface area contributed by atoms with Crippen LogP contribution in [0, 0.1) is 13.8 Å². The summed E-state index contributed by atoms with van der Waals surface area (Å²) in [5.41, 5.74) is 7.91. The number of nitrogens with two attached hydrogens (primary N) is 1. The van der Waals surface area contributed by atoms with Gasteiger partial charge in [-0.2, -0.15) is 11.8 Å². The lowest BCUT2D eigenvalue weighted by Crippen LogP contribution is -2.16. The molecule has 6 heteroatoms. The zero-order valence-electron chi connectivity index (χ0n) is 10.3. The minimum Gasteiger partial charge on any atom is -0.321 e. The summed E-state index contributed by atoms with van der Waals surface area (Å²) in [6.45, 7) is 3.91. The molecule has 0 saturated carbocycles. The van der Waals surface area contributed by atoms with Gasteiger partial charge in [0.1, 0.15) is 5.82 Å². The maximum Gasteiger partial charge on any atom is 0.164 e. The van der Waals surface area contributed by atoms with E-state index in [-0.39, 0.29) is 6.04 Å². The Morgan fingerprint density at radius 2 is 2.18 bits per heavy atom. The fourth-order valence-electron chi connectivity index (χ4n) is 1.87. The fourth-order valence-corrected chi connectivity index (χ4v) is 2.36. The Labute approximate surface area is 105 Å². The van der Waals surface area contributed by atoms with Crippen LogP contribution in [0.3, 0.4) is 0 Å². The highest BCUT2D eigenvalue weighted by Crippen LogP contribution is 2.17. The zero-order chi connectivity index (χ0) is 12.4. The summed E-state index contributed by atoms with van der Waals surface area (Å²) in [4.78, 5) is 4.42. The molecule has 0 spiro atoms. The second-order valence-corrected chi connectivity index (χ2v) is 5.07. The van der Waals surface area contributed by atoms with Crippen molar-refractivity contribution in [2.24, 2.45) is 5.73 Å². The molecule has 0 aliphatic rings. The van der Waals surface area contributed by atoms with E-state index in [9.17, 15) is 0 Å². The van der Waals surface area contributed by atoms with Crippen molar-refractivity contribution in [2.45, 2.75) is 26.3 Å². The molecule has 2 aromatic heterocycles. The van der Waals surface area contributed by atoms with E-state index in [1.807, 2.05) is 24.3 Å². The van der Waals surface area contributed by atoms with Crippen LogP contribution in [0.5, 0.6) is 0 Å². The molecule has 2 aromatic rings. The SMILES string of the molecule is CSCCC(N)c1nnc2cc(C)nc(C)n12. The van der Waals surface area contributed by atoms with Gasteiger partial charge in [-0.25, -0.2) is 4.98 Å². The second kappa shape index (κ2) is 5.01. The largest absolute Gasteiger partial charge is 0.321 e. The van der Waals surface area contributed by atoms with E-state index in [0.717, 1.165) is 35.2 Å². The Balaban J connectivity index is 2.41. The van der Waals surface area contributed by atoms with Crippen LogP contribution in [0.4, 0.5) is 0 Å². The highest BCUT2D eigenvalue weighted by Gasteiger charge is 2.15. The molecule has 2 N–H and O–H groups in total. The molecule has 0 radical (unpaired) electrons. The molecule has 5 nitrogen and oxygen atoms in total. The highest BCUT2D eigenvalue weighted by atomic mass is 32.2. The molecule has 0 aliphatic heterocycles. The molecule has 17 heavy (non-hydrogen) atoms. The topological polar surface area (TPSA) is 69.1 Å². The van der Waals surface area contributed by atoms with Crippen LogP contribution in [-0.2, 0) is 0 Å². The number of thioether (sulfide) groups is 1. The third kappa shape index (κ3) is 2.42. The van der Waals surface area contributed by atoms with Crippen molar-refractivity contribution in [3.63, 3.8) is 0 Å². The quantitative estimate of drug-likeness (QED) is 0.891. The lowest BCUT2D eigenvalue weighted by Gasteiger charge is -2.10. The van der Waals surface area contributed by atoms with Gasteiger partial charge in [0.2, 0.25) is 0 Å². The molecule has 0 saturated heterocycles. The number of fused-ring (bicyclic) bond motifs is 1. The van der Waals surface area contributed by atoms with Crippen molar-refractivity contribution in [1.82, 2.24) is 19.6 Å². The maximum atomic E-state index is 6.13. The molecule has 1 unspecified atom stereocenters. The first-order valence-electron chi connectivity index (χ1n) is 5.57. The summed E-state index contributed by atoms with van der Waals surface area (Å²) in [7, 11) is 0. The maximum absolute atomic E-state index is 6.13. The molecule has 92 valence electrons. The van der Waals surface area contributed by atoms with Crippen molar-refractivity contribution in [1.29, 1.82) is 0 Å². The first kappa shape index (κ1) is 12.3. The normalized spacial score (nSPS) is 13.2. The van der Waals surface area contributed by atoms with Crippen LogP contribution in [0.1, 0.15) is 29.8 Å². The van der Waals surface area contributed by atoms with Crippen molar-refractivity contribution >= 4 is 17.4 Å². The van der Waals surface area contributed by atoms with Crippen LogP contribution in [0.25, 0.3) is 5.65 Å². The summed E-state index contributed by atoms with van der Waals surface area (Å²) in [6, 6.07) is 1.84. The predicted octanol–water partition coefficient (Wildman–Crippen LogP) is 1.49. The molecule has 0 aliphatic carbocycles. The highest BCUT2D eigenvalue weighted by molar-refractivity contribution is 7.98. The molecule has 0 aromatic carbocycles. The van der Waals surface area contributed by atoms with Crippen molar-refractivity contribution < 1.29 is 0 Å². The number of hydrogen-bond donors (Lipinski definition) is 1. The van der Waals surface area contributed by atoms with Gasteiger partial charge in [-0.3, -0.25) is 4.40 Å². The predicted molar refractivity (Wildman–Crippen MR) is 70.2 cm³/mol. The lowest BCUT2D eigenvalue weighted by molar-refractivity contribution is 0.639. The summed E-state index contributed by atoms with van der Waals surface area (Å²) in [5.74, 6) is 2.72. The minimum absolute atomic E-state index is 0.0827. The molecular formula is C11H17N5S. The van der Waals surface area contributed by atoms with Gasteiger partial charge in [-0.05, 0) is 32.3 Å². The summed E-state index contributed by atoms with van der Waals surface area (Å²) in [5, 5.41) is 8.34. The molecule has 2 heterocycles. The number of aryl methyl sites for hydroxylation is 2. The average molecular weight is 251 g/mol. The first-order chi connectivity index (χ1) is 8.13. The molecule has 0 amide bonds. The first-order valence-corrected chi connectivity index (χ1v) is 6.96. The van der Waals surface area contributed by atoms with Gasteiger partial charge < -0.3 is 5.73 Å². The van der Waals surface area contributed by atoms with Gasteiger partial charge >= 0.3 is 0 Å². The van der Waals surface area contributed by atoms with Gasteiger partial charge in [0, 0.05) is 11.8 Å². The lowest BCUT2D eigenvalue weighted by atomic mass is 10.2.